The number of rotatable bonds is 8. The predicted octanol–water partition coefficient (Wildman–Crippen LogP) is 2.90. The molecule has 1 heterocycles. The van der Waals surface area contributed by atoms with E-state index in [1.54, 1.807) is 0 Å². The van der Waals surface area contributed by atoms with E-state index in [1.165, 1.54) is 0 Å². The normalized spacial score (nSPS) is 17.9. The Balaban J connectivity index is 2.13. The minimum absolute atomic E-state index is 0.0726. The minimum atomic E-state index is -0.0726. The van der Waals surface area contributed by atoms with Gasteiger partial charge in [-0.3, -0.25) is 9.79 Å². The minimum Gasteiger partial charge on any atom is -0.466 e. The number of aliphatic imine (C=N–C) groups is 1. The number of carbonyl (C=O) groups is 1. The third kappa shape index (κ3) is 8.49. The Bertz CT molecular complexity index is 386. The summed E-state index contributed by atoms with van der Waals surface area (Å²) in [6.45, 7) is 9.95. The van der Waals surface area contributed by atoms with Gasteiger partial charge < -0.3 is 15.0 Å². The van der Waals surface area contributed by atoms with Crippen LogP contribution >= 0.6 is 11.8 Å². The van der Waals surface area contributed by atoms with Crippen LogP contribution in [-0.4, -0.2) is 60.6 Å². The molecular formula is C17H33N3O2S. The lowest BCUT2D eigenvalue weighted by atomic mass is 10.1. The van der Waals surface area contributed by atoms with Crippen molar-refractivity contribution in [2.75, 3.05) is 39.0 Å². The summed E-state index contributed by atoms with van der Waals surface area (Å²) in [7, 11) is 1.86. The third-order valence-corrected chi connectivity index (χ3v) is 5.13. The molecule has 5 nitrogen and oxygen atoms in total. The molecular weight excluding hydrogens is 310 g/mol. The van der Waals surface area contributed by atoms with Crippen LogP contribution in [-0.2, 0) is 9.53 Å². The van der Waals surface area contributed by atoms with Crippen LogP contribution in [0.15, 0.2) is 4.99 Å². The van der Waals surface area contributed by atoms with Crippen molar-refractivity contribution in [2.24, 2.45) is 4.99 Å². The molecule has 1 aliphatic rings. The number of guanidine groups is 1. The SMILES string of the molecule is CCOC(=O)CCCCCCNC(=NC)N1CCSC(C)(C)C1. The fourth-order valence-electron chi connectivity index (χ4n) is 2.71. The molecule has 0 spiro atoms. The zero-order valence-electron chi connectivity index (χ0n) is 15.2. The number of unbranched alkanes of at least 4 members (excludes halogenated alkanes) is 3. The molecule has 1 aliphatic heterocycles. The fourth-order valence-corrected chi connectivity index (χ4v) is 3.82. The summed E-state index contributed by atoms with van der Waals surface area (Å²) in [5, 5.41) is 3.47. The molecule has 0 aliphatic carbocycles. The van der Waals surface area contributed by atoms with E-state index in [2.05, 4.69) is 29.1 Å². The van der Waals surface area contributed by atoms with Crippen LogP contribution in [0.25, 0.3) is 0 Å². The predicted molar refractivity (Wildman–Crippen MR) is 99.2 cm³/mol. The van der Waals surface area contributed by atoms with Gasteiger partial charge in [0.05, 0.1) is 6.61 Å². The van der Waals surface area contributed by atoms with Gasteiger partial charge in [-0.05, 0) is 33.6 Å². The van der Waals surface area contributed by atoms with E-state index in [4.69, 9.17) is 4.74 Å². The second-order valence-corrected chi connectivity index (χ2v) is 8.28. The highest BCUT2D eigenvalue weighted by Crippen LogP contribution is 2.29. The van der Waals surface area contributed by atoms with E-state index in [0.29, 0.717) is 17.8 Å². The van der Waals surface area contributed by atoms with Crippen molar-refractivity contribution >= 4 is 23.7 Å². The van der Waals surface area contributed by atoms with Gasteiger partial charge in [0.1, 0.15) is 0 Å². The van der Waals surface area contributed by atoms with Gasteiger partial charge in [-0.25, -0.2) is 0 Å². The maximum atomic E-state index is 11.2. The van der Waals surface area contributed by atoms with E-state index >= 15 is 0 Å². The second kappa shape index (κ2) is 10.8. The molecule has 1 N–H and O–H groups in total. The van der Waals surface area contributed by atoms with Crippen molar-refractivity contribution in [1.29, 1.82) is 0 Å². The number of nitrogens with zero attached hydrogens (tertiary/aromatic N) is 2. The highest BCUT2D eigenvalue weighted by atomic mass is 32.2. The number of ether oxygens (including phenoxy) is 1. The second-order valence-electron chi connectivity index (χ2n) is 6.47. The van der Waals surface area contributed by atoms with Crippen molar-refractivity contribution in [3.05, 3.63) is 0 Å². The Labute approximate surface area is 145 Å². The van der Waals surface area contributed by atoms with Crippen LogP contribution in [0.3, 0.4) is 0 Å². The summed E-state index contributed by atoms with van der Waals surface area (Å²) in [6, 6.07) is 0. The summed E-state index contributed by atoms with van der Waals surface area (Å²) in [4.78, 5) is 18.0. The van der Waals surface area contributed by atoms with Gasteiger partial charge in [0.2, 0.25) is 0 Å². The molecule has 1 fully saturated rings. The standard InChI is InChI=1S/C17H33N3O2S/c1-5-22-15(21)10-8-6-7-9-11-19-16(18-4)20-12-13-23-17(2,3)14-20/h5-14H2,1-4H3,(H,18,19). The van der Waals surface area contributed by atoms with Gasteiger partial charge in [0.25, 0.3) is 0 Å². The number of nitrogens with one attached hydrogen (secondary N) is 1. The fraction of sp³-hybridized carbons (Fsp3) is 0.882. The molecule has 0 aromatic heterocycles. The lowest BCUT2D eigenvalue weighted by Gasteiger charge is -2.39. The summed E-state index contributed by atoms with van der Waals surface area (Å²) in [6.07, 6.45) is 4.78. The molecule has 1 saturated heterocycles. The molecule has 134 valence electrons. The zero-order valence-corrected chi connectivity index (χ0v) is 16.0. The Morgan fingerprint density at radius 2 is 2.04 bits per heavy atom. The molecule has 1 rings (SSSR count). The molecule has 0 saturated carbocycles. The molecule has 0 bridgehead atoms. The van der Waals surface area contributed by atoms with Crippen LogP contribution in [0.4, 0.5) is 0 Å². The van der Waals surface area contributed by atoms with Gasteiger partial charge in [-0.2, -0.15) is 11.8 Å². The maximum absolute atomic E-state index is 11.2. The first-order chi connectivity index (χ1) is 11.0. The largest absolute Gasteiger partial charge is 0.466 e. The molecule has 0 unspecified atom stereocenters. The van der Waals surface area contributed by atoms with Crippen molar-refractivity contribution < 1.29 is 9.53 Å². The van der Waals surface area contributed by atoms with Crippen molar-refractivity contribution in [3.8, 4) is 0 Å². The Morgan fingerprint density at radius 3 is 2.70 bits per heavy atom. The van der Waals surface area contributed by atoms with Gasteiger partial charge in [-0.15, -0.1) is 0 Å². The molecule has 0 radical (unpaired) electrons. The lowest BCUT2D eigenvalue weighted by Crippen LogP contribution is -2.51. The highest BCUT2D eigenvalue weighted by Gasteiger charge is 2.28. The first-order valence-corrected chi connectivity index (χ1v) is 9.72. The van der Waals surface area contributed by atoms with Gasteiger partial charge in [0.15, 0.2) is 5.96 Å². The Hall–Kier alpha value is -0.910. The topological polar surface area (TPSA) is 53.9 Å². The lowest BCUT2D eigenvalue weighted by molar-refractivity contribution is -0.143. The van der Waals surface area contributed by atoms with E-state index in [0.717, 1.165) is 57.0 Å². The van der Waals surface area contributed by atoms with E-state index in [-0.39, 0.29) is 5.97 Å². The number of thioether (sulfide) groups is 1. The van der Waals surface area contributed by atoms with Gasteiger partial charge in [0, 0.05) is 43.6 Å². The maximum Gasteiger partial charge on any atom is 0.305 e. The number of carbonyl (C=O) groups excluding carboxylic acids is 1. The van der Waals surface area contributed by atoms with Crippen LogP contribution in [0, 0.1) is 0 Å². The van der Waals surface area contributed by atoms with Crippen molar-refractivity contribution in [1.82, 2.24) is 10.2 Å². The van der Waals surface area contributed by atoms with E-state index in [9.17, 15) is 4.79 Å². The monoisotopic (exact) mass is 343 g/mol. The summed E-state index contributed by atoms with van der Waals surface area (Å²) < 4.78 is 5.22. The first-order valence-electron chi connectivity index (χ1n) is 8.73. The average molecular weight is 344 g/mol. The van der Waals surface area contributed by atoms with Gasteiger partial charge in [-0.1, -0.05) is 12.8 Å². The molecule has 0 atom stereocenters. The van der Waals surface area contributed by atoms with E-state index in [1.807, 2.05) is 25.7 Å². The number of esters is 1. The number of hydrogen-bond donors (Lipinski definition) is 1. The Kier molecular flexibility index (Phi) is 9.44. The van der Waals surface area contributed by atoms with Crippen LogP contribution in [0.1, 0.15) is 52.9 Å². The summed E-state index contributed by atoms with van der Waals surface area (Å²) in [5.74, 6) is 2.10. The molecule has 0 aromatic carbocycles. The average Bonchev–Trinajstić information content (AvgIpc) is 2.49. The zero-order chi connectivity index (χ0) is 17.1. The highest BCUT2D eigenvalue weighted by molar-refractivity contribution is 8.00. The summed E-state index contributed by atoms with van der Waals surface area (Å²) in [5.41, 5.74) is 0. The molecule has 23 heavy (non-hydrogen) atoms. The van der Waals surface area contributed by atoms with Crippen molar-refractivity contribution in [3.63, 3.8) is 0 Å². The molecule has 0 aromatic rings. The van der Waals surface area contributed by atoms with E-state index < -0.39 is 0 Å². The smallest absolute Gasteiger partial charge is 0.305 e. The quantitative estimate of drug-likeness (QED) is 0.318. The molecule has 6 heteroatoms. The van der Waals surface area contributed by atoms with Crippen LogP contribution in [0.2, 0.25) is 0 Å². The molecule has 0 amide bonds. The van der Waals surface area contributed by atoms with Crippen LogP contribution < -0.4 is 5.32 Å². The Morgan fingerprint density at radius 1 is 1.30 bits per heavy atom. The van der Waals surface area contributed by atoms with Gasteiger partial charge >= 0.3 is 5.97 Å². The third-order valence-electron chi connectivity index (χ3n) is 3.83. The first kappa shape index (κ1) is 20.1. The number of hydrogen-bond acceptors (Lipinski definition) is 4. The van der Waals surface area contributed by atoms with Crippen LogP contribution in [0.5, 0.6) is 0 Å². The summed E-state index contributed by atoms with van der Waals surface area (Å²) >= 11 is 2.03. The van der Waals surface area contributed by atoms with Crippen molar-refractivity contribution in [2.45, 2.75) is 57.6 Å².